The van der Waals surface area contributed by atoms with Gasteiger partial charge in [0.1, 0.15) is 0 Å². The van der Waals surface area contributed by atoms with Gasteiger partial charge in [-0.3, -0.25) is 10.1 Å². The fourth-order valence-corrected chi connectivity index (χ4v) is 4.50. The van der Waals surface area contributed by atoms with Crippen molar-refractivity contribution in [2.24, 2.45) is 0 Å². The molecule has 1 saturated carbocycles. The summed E-state index contributed by atoms with van der Waals surface area (Å²) in [6.07, 6.45) is 6.81. The van der Waals surface area contributed by atoms with Gasteiger partial charge in [-0.15, -0.1) is 15.3 Å². The molecule has 1 aliphatic carbocycles. The zero-order valence-corrected chi connectivity index (χ0v) is 15.7. The van der Waals surface area contributed by atoms with Gasteiger partial charge in [0, 0.05) is 5.92 Å². The topological polar surface area (TPSA) is 72.2 Å². The second-order valence-electron chi connectivity index (χ2n) is 6.86. The van der Waals surface area contributed by atoms with E-state index in [0.29, 0.717) is 11.0 Å². The van der Waals surface area contributed by atoms with Gasteiger partial charge >= 0.3 is 0 Å². The Morgan fingerprint density at radius 1 is 1.23 bits per heavy atom. The number of amides is 1. The summed E-state index contributed by atoms with van der Waals surface area (Å²) in [5.74, 6) is 1.16. The van der Waals surface area contributed by atoms with Crippen LogP contribution in [0.5, 0.6) is 0 Å². The Morgan fingerprint density at radius 3 is 2.73 bits per heavy atom. The van der Waals surface area contributed by atoms with Crippen LogP contribution < -0.4 is 5.32 Å². The van der Waals surface area contributed by atoms with Crippen LogP contribution in [0.1, 0.15) is 68.7 Å². The molecule has 26 heavy (non-hydrogen) atoms. The first kappa shape index (κ1) is 17.1. The molecular formula is C19H23N5OS. The number of hydrogen-bond donors (Lipinski definition) is 1. The Balaban J connectivity index is 1.53. The van der Waals surface area contributed by atoms with E-state index in [9.17, 15) is 4.79 Å². The first-order valence-corrected chi connectivity index (χ1v) is 10.2. The van der Waals surface area contributed by atoms with Crippen LogP contribution in [0.25, 0.3) is 4.96 Å². The zero-order valence-electron chi connectivity index (χ0n) is 14.9. The SMILES string of the molecule is CCC(C(=O)Nc1nn2c(C3CCCCC3)nnc2s1)c1ccccc1. The van der Waals surface area contributed by atoms with Gasteiger partial charge in [0.25, 0.3) is 0 Å². The molecule has 3 aromatic rings. The third kappa shape index (κ3) is 3.35. The third-order valence-electron chi connectivity index (χ3n) is 5.14. The second kappa shape index (κ2) is 7.53. The predicted molar refractivity (Wildman–Crippen MR) is 103 cm³/mol. The van der Waals surface area contributed by atoms with Crippen LogP contribution in [0.15, 0.2) is 30.3 Å². The molecule has 0 spiro atoms. The molecule has 0 radical (unpaired) electrons. The Hall–Kier alpha value is -2.28. The third-order valence-corrected chi connectivity index (χ3v) is 5.96. The van der Waals surface area contributed by atoms with Crippen LogP contribution in [0, 0.1) is 0 Å². The van der Waals surface area contributed by atoms with Crippen molar-refractivity contribution in [2.75, 3.05) is 5.32 Å². The average molecular weight is 369 g/mol. The first-order chi connectivity index (χ1) is 12.8. The van der Waals surface area contributed by atoms with Crippen molar-refractivity contribution >= 4 is 27.3 Å². The minimum absolute atomic E-state index is 0.0251. The highest BCUT2D eigenvalue weighted by Gasteiger charge is 2.24. The van der Waals surface area contributed by atoms with Crippen molar-refractivity contribution in [1.82, 2.24) is 19.8 Å². The van der Waals surface area contributed by atoms with E-state index >= 15 is 0 Å². The molecule has 0 saturated heterocycles. The molecule has 0 aliphatic heterocycles. The van der Waals surface area contributed by atoms with Gasteiger partial charge in [-0.05, 0) is 24.8 Å². The molecule has 4 rings (SSSR count). The molecule has 2 heterocycles. The smallest absolute Gasteiger partial charge is 0.236 e. The average Bonchev–Trinajstić information content (AvgIpc) is 3.24. The number of nitrogens with zero attached hydrogens (tertiary/aromatic N) is 4. The minimum Gasteiger partial charge on any atom is -0.300 e. The maximum absolute atomic E-state index is 12.7. The molecule has 1 amide bonds. The molecule has 1 N–H and O–H groups in total. The number of fused-ring (bicyclic) bond motifs is 1. The lowest BCUT2D eigenvalue weighted by Crippen LogP contribution is -2.20. The summed E-state index contributed by atoms with van der Waals surface area (Å²) < 4.78 is 1.82. The van der Waals surface area contributed by atoms with Crippen LogP contribution >= 0.6 is 11.3 Å². The highest BCUT2D eigenvalue weighted by atomic mass is 32.1. The maximum atomic E-state index is 12.7. The number of carbonyl (C=O) groups excluding carboxylic acids is 1. The molecule has 7 heteroatoms. The van der Waals surface area contributed by atoms with Crippen LogP contribution in [-0.4, -0.2) is 25.7 Å². The van der Waals surface area contributed by atoms with E-state index in [4.69, 9.17) is 0 Å². The monoisotopic (exact) mass is 369 g/mol. The molecule has 6 nitrogen and oxygen atoms in total. The zero-order chi connectivity index (χ0) is 17.9. The largest absolute Gasteiger partial charge is 0.300 e. The molecule has 2 aromatic heterocycles. The van der Waals surface area contributed by atoms with Crippen LogP contribution in [0.4, 0.5) is 5.13 Å². The van der Waals surface area contributed by atoms with Crippen molar-refractivity contribution in [1.29, 1.82) is 0 Å². The summed E-state index contributed by atoms with van der Waals surface area (Å²) >= 11 is 1.38. The van der Waals surface area contributed by atoms with Gasteiger partial charge in [-0.1, -0.05) is 67.9 Å². The molecule has 1 aliphatic rings. The summed E-state index contributed by atoms with van der Waals surface area (Å²) in [7, 11) is 0. The summed E-state index contributed by atoms with van der Waals surface area (Å²) in [5.41, 5.74) is 1.03. The van der Waals surface area contributed by atoms with Crippen molar-refractivity contribution in [3.05, 3.63) is 41.7 Å². The van der Waals surface area contributed by atoms with E-state index in [-0.39, 0.29) is 11.8 Å². The molecule has 1 fully saturated rings. The molecule has 0 bridgehead atoms. The van der Waals surface area contributed by atoms with Crippen LogP contribution in [-0.2, 0) is 4.79 Å². The van der Waals surface area contributed by atoms with E-state index in [0.717, 1.165) is 35.6 Å². The summed E-state index contributed by atoms with van der Waals surface area (Å²) in [5, 5.41) is 16.8. The van der Waals surface area contributed by atoms with Gasteiger partial charge in [0.05, 0.1) is 5.92 Å². The summed E-state index contributed by atoms with van der Waals surface area (Å²) in [6.45, 7) is 2.02. The van der Waals surface area contributed by atoms with Gasteiger partial charge < -0.3 is 0 Å². The summed E-state index contributed by atoms with van der Waals surface area (Å²) in [4.78, 5) is 13.5. The number of hydrogen-bond acceptors (Lipinski definition) is 5. The standard InChI is InChI=1S/C19H23N5OS/c1-2-15(13-9-5-3-6-10-13)17(25)20-18-23-24-16(21-22-19(24)26-18)14-11-7-4-8-12-14/h3,5-6,9-10,14-15H,2,4,7-8,11-12H2,1H3,(H,20,23,25). The van der Waals surface area contributed by atoms with Crippen molar-refractivity contribution in [3.8, 4) is 0 Å². The number of anilines is 1. The van der Waals surface area contributed by atoms with Crippen LogP contribution in [0.2, 0.25) is 0 Å². The Kier molecular flexibility index (Phi) is 4.97. The lowest BCUT2D eigenvalue weighted by atomic mass is 9.89. The van der Waals surface area contributed by atoms with Gasteiger partial charge in [-0.25, -0.2) is 0 Å². The molecular weight excluding hydrogens is 346 g/mol. The van der Waals surface area contributed by atoms with Crippen molar-refractivity contribution in [2.45, 2.75) is 57.3 Å². The molecule has 136 valence electrons. The van der Waals surface area contributed by atoms with Crippen LogP contribution in [0.3, 0.4) is 0 Å². The maximum Gasteiger partial charge on any atom is 0.236 e. The van der Waals surface area contributed by atoms with E-state index in [2.05, 4.69) is 20.6 Å². The highest BCUT2D eigenvalue weighted by molar-refractivity contribution is 7.20. The normalized spacial score (nSPS) is 16.7. The molecule has 1 unspecified atom stereocenters. The Morgan fingerprint density at radius 2 is 2.00 bits per heavy atom. The number of carbonyl (C=O) groups is 1. The van der Waals surface area contributed by atoms with Gasteiger partial charge in [0.2, 0.25) is 16.0 Å². The van der Waals surface area contributed by atoms with Gasteiger partial charge in [0.15, 0.2) is 5.82 Å². The fourth-order valence-electron chi connectivity index (χ4n) is 3.75. The minimum atomic E-state index is -0.177. The lowest BCUT2D eigenvalue weighted by molar-refractivity contribution is -0.117. The van der Waals surface area contributed by atoms with E-state index in [1.165, 1.54) is 30.6 Å². The second-order valence-corrected chi connectivity index (χ2v) is 7.81. The van der Waals surface area contributed by atoms with Gasteiger partial charge in [-0.2, -0.15) is 4.52 Å². The van der Waals surface area contributed by atoms with Crippen molar-refractivity contribution < 1.29 is 4.79 Å². The number of nitrogens with one attached hydrogen (secondary N) is 1. The molecule has 1 aromatic carbocycles. The van der Waals surface area contributed by atoms with E-state index in [1.54, 1.807) is 0 Å². The number of aromatic nitrogens is 4. The summed E-state index contributed by atoms with van der Waals surface area (Å²) in [6, 6.07) is 9.88. The first-order valence-electron chi connectivity index (χ1n) is 9.34. The number of rotatable bonds is 5. The van der Waals surface area contributed by atoms with E-state index < -0.39 is 0 Å². The quantitative estimate of drug-likeness (QED) is 0.725. The predicted octanol–water partition coefficient (Wildman–Crippen LogP) is 4.37. The number of benzene rings is 1. The molecule has 1 atom stereocenters. The fraction of sp³-hybridized carbons (Fsp3) is 0.474. The highest BCUT2D eigenvalue weighted by Crippen LogP contribution is 2.33. The lowest BCUT2D eigenvalue weighted by Gasteiger charge is -2.18. The Bertz CT molecular complexity index is 882. The van der Waals surface area contributed by atoms with E-state index in [1.807, 2.05) is 41.8 Å². The van der Waals surface area contributed by atoms with Crippen molar-refractivity contribution in [3.63, 3.8) is 0 Å². The Labute approximate surface area is 156 Å².